The van der Waals surface area contributed by atoms with Crippen LogP contribution in [0.1, 0.15) is 13.8 Å². The quantitative estimate of drug-likeness (QED) is 0.459. The molecule has 0 aliphatic carbocycles. The highest BCUT2D eigenvalue weighted by molar-refractivity contribution is 5.88. The first-order valence-electron chi connectivity index (χ1n) is 6.69. The number of ether oxygens (including phenoxy) is 1. The Morgan fingerprint density at radius 3 is 2.81 bits per heavy atom. The zero-order valence-electron chi connectivity index (χ0n) is 12.3. The molecular formula is C16H20N2O3. The summed E-state index contributed by atoms with van der Waals surface area (Å²) in [6, 6.07) is 7.09. The average Bonchev–Trinajstić information content (AvgIpc) is 2.44. The molecule has 5 heteroatoms. The number of allylic oxidation sites excluding steroid dienone is 3. The van der Waals surface area contributed by atoms with Crippen LogP contribution in [0.25, 0.3) is 0 Å². The van der Waals surface area contributed by atoms with Crippen molar-refractivity contribution in [2.24, 2.45) is 0 Å². The first-order valence-corrected chi connectivity index (χ1v) is 6.69. The SMILES string of the molecule is C/C=C/C=C/C(=O)NCCOc1cccc(NC(C)=O)c1. The van der Waals surface area contributed by atoms with Crippen molar-refractivity contribution >= 4 is 17.5 Å². The van der Waals surface area contributed by atoms with E-state index in [0.717, 1.165) is 0 Å². The molecule has 0 spiro atoms. The minimum atomic E-state index is -0.163. The van der Waals surface area contributed by atoms with Crippen LogP contribution in [0.2, 0.25) is 0 Å². The van der Waals surface area contributed by atoms with Gasteiger partial charge in [-0.3, -0.25) is 9.59 Å². The summed E-state index contributed by atoms with van der Waals surface area (Å²) in [5, 5.41) is 5.38. The molecule has 0 bridgehead atoms. The van der Waals surface area contributed by atoms with E-state index in [9.17, 15) is 9.59 Å². The smallest absolute Gasteiger partial charge is 0.244 e. The van der Waals surface area contributed by atoms with Crippen molar-refractivity contribution in [2.75, 3.05) is 18.5 Å². The molecule has 0 aliphatic heterocycles. The second-order valence-corrected chi connectivity index (χ2v) is 4.23. The van der Waals surface area contributed by atoms with Gasteiger partial charge in [0.1, 0.15) is 12.4 Å². The Bertz CT molecular complexity index is 536. The predicted molar refractivity (Wildman–Crippen MR) is 83.2 cm³/mol. The Kier molecular flexibility index (Phi) is 7.35. The molecule has 5 nitrogen and oxygen atoms in total. The van der Waals surface area contributed by atoms with Crippen molar-refractivity contribution in [3.05, 3.63) is 48.6 Å². The third-order valence-corrected chi connectivity index (χ3v) is 2.38. The molecule has 0 fully saturated rings. The van der Waals surface area contributed by atoms with E-state index in [-0.39, 0.29) is 11.8 Å². The van der Waals surface area contributed by atoms with Gasteiger partial charge in [-0.2, -0.15) is 0 Å². The summed E-state index contributed by atoms with van der Waals surface area (Å²) in [4.78, 5) is 22.3. The Balaban J connectivity index is 2.32. The molecule has 112 valence electrons. The van der Waals surface area contributed by atoms with Gasteiger partial charge in [0, 0.05) is 24.8 Å². The molecule has 1 aromatic rings. The molecule has 0 aromatic heterocycles. The van der Waals surface area contributed by atoms with Crippen molar-refractivity contribution in [3.63, 3.8) is 0 Å². The Labute approximate surface area is 124 Å². The molecule has 0 heterocycles. The van der Waals surface area contributed by atoms with E-state index in [1.165, 1.54) is 13.0 Å². The van der Waals surface area contributed by atoms with Gasteiger partial charge in [0.2, 0.25) is 11.8 Å². The summed E-state index contributed by atoms with van der Waals surface area (Å²) in [7, 11) is 0. The number of nitrogens with one attached hydrogen (secondary N) is 2. The topological polar surface area (TPSA) is 67.4 Å². The summed E-state index contributed by atoms with van der Waals surface area (Å²) >= 11 is 0. The first-order chi connectivity index (χ1) is 10.1. The summed E-state index contributed by atoms with van der Waals surface area (Å²) < 4.78 is 5.50. The van der Waals surface area contributed by atoms with Gasteiger partial charge in [0.25, 0.3) is 0 Å². The number of amides is 2. The molecule has 2 N–H and O–H groups in total. The van der Waals surface area contributed by atoms with E-state index in [2.05, 4.69) is 10.6 Å². The molecule has 0 radical (unpaired) electrons. The van der Waals surface area contributed by atoms with Crippen LogP contribution in [0.3, 0.4) is 0 Å². The van der Waals surface area contributed by atoms with Crippen LogP contribution in [0, 0.1) is 0 Å². The van der Waals surface area contributed by atoms with Crippen LogP contribution < -0.4 is 15.4 Å². The van der Waals surface area contributed by atoms with E-state index in [1.54, 1.807) is 36.4 Å². The molecule has 1 aromatic carbocycles. The average molecular weight is 288 g/mol. The lowest BCUT2D eigenvalue weighted by Crippen LogP contribution is -2.26. The number of carbonyl (C=O) groups is 2. The van der Waals surface area contributed by atoms with Gasteiger partial charge >= 0.3 is 0 Å². The molecule has 1 rings (SSSR count). The summed E-state index contributed by atoms with van der Waals surface area (Å²) in [6.07, 6.45) is 6.75. The lowest BCUT2D eigenvalue weighted by atomic mass is 10.3. The normalized spacial score (nSPS) is 10.8. The molecule has 21 heavy (non-hydrogen) atoms. The monoisotopic (exact) mass is 288 g/mol. The van der Waals surface area contributed by atoms with E-state index in [1.807, 2.05) is 13.0 Å². The van der Waals surface area contributed by atoms with Gasteiger partial charge < -0.3 is 15.4 Å². The summed E-state index contributed by atoms with van der Waals surface area (Å²) in [5.74, 6) is 0.344. The van der Waals surface area contributed by atoms with E-state index in [4.69, 9.17) is 4.74 Å². The molecule has 0 atom stereocenters. The highest BCUT2D eigenvalue weighted by Crippen LogP contribution is 2.16. The summed E-state index contributed by atoms with van der Waals surface area (Å²) in [6.45, 7) is 4.09. The second kappa shape index (κ2) is 9.36. The molecule has 2 amide bonds. The zero-order valence-corrected chi connectivity index (χ0v) is 12.3. The maximum Gasteiger partial charge on any atom is 0.244 e. The molecule has 0 saturated carbocycles. The Morgan fingerprint density at radius 1 is 1.29 bits per heavy atom. The van der Waals surface area contributed by atoms with Crippen molar-refractivity contribution in [3.8, 4) is 5.75 Å². The fourth-order valence-electron chi connectivity index (χ4n) is 1.52. The van der Waals surface area contributed by atoms with Crippen molar-refractivity contribution in [1.29, 1.82) is 0 Å². The molecule has 0 saturated heterocycles. The fraction of sp³-hybridized carbons (Fsp3) is 0.250. The van der Waals surface area contributed by atoms with Crippen LogP contribution >= 0.6 is 0 Å². The molecular weight excluding hydrogens is 268 g/mol. The van der Waals surface area contributed by atoms with Gasteiger partial charge in [0.05, 0.1) is 6.54 Å². The van der Waals surface area contributed by atoms with Gasteiger partial charge in [-0.05, 0) is 19.1 Å². The maximum absolute atomic E-state index is 11.4. The largest absolute Gasteiger partial charge is 0.492 e. The number of anilines is 1. The minimum absolute atomic E-state index is 0.132. The predicted octanol–water partition coefficient (Wildman–Crippen LogP) is 2.27. The van der Waals surface area contributed by atoms with Crippen LogP contribution in [0.4, 0.5) is 5.69 Å². The third kappa shape index (κ3) is 7.57. The number of hydrogen-bond donors (Lipinski definition) is 2. The van der Waals surface area contributed by atoms with Crippen LogP contribution in [0.5, 0.6) is 5.75 Å². The fourth-order valence-corrected chi connectivity index (χ4v) is 1.52. The van der Waals surface area contributed by atoms with Crippen molar-refractivity contribution in [1.82, 2.24) is 5.32 Å². The third-order valence-electron chi connectivity index (χ3n) is 2.38. The molecule has 0 unspecified atom stereocenters. The number of carbonyl (C=O) groups excluding carboxylic acids is 2. The van der Waals surface area contributed by atoms with Gasteiger partial charge in [0.15, 0.2) is 0 Å². The van der Waals surface area contributed by atoms with Gasteiger partial charge in [-0.1, -0.05) is 24.3 Å². The maximum atomic E-state index is 11.4. The van der Waals surface area contributed by atoms with Crippen molar-refractivity contribution in [2.45, 2.75) is 13.8 Å². The lowest BCUT2D eigenvalue weighted by molar-refractivity contribution is -0.116. The standard InChI is InChI=1S/C16H20N2O3/c1-3-4-5-9-16(20)17-10-11-21-15-8-6-7-14(12-15)18-13(2)19/h3-9,12H,10-11H2,1-2H3,(H,17,20)(H,18,19)/b4-3+,9-5+. The van der Waals surface area contributed by atoms with Crippen LogP contribution in [-0.4, -0.2) is 25.0 Å². The van der Waals surface area contributed by atoms with Crippen LogP contribution in [-0.2, 0) is 9.59 Å². The minimum Gasteiger partial charge on any atom is -0.492 e. The number of hydrogen-bond acceptors (Lipinski definition) is 3. The first kappa shape index (κ1) is 16.5. The highest BCUT2D eigenvalue weighted by atomic mass is 16.5. The van der Waals surface area contributed by atoms with Gasteiger partial charge in [-0.15, -0.1) is 0 Å². The lowest BCUT2D eigenvalue weighted by Gasteiger charge is -2.08. The number of rotatable bonds is 7. The Morgan fingerprint density at radius 2 is 2.10 bits per heavy atom. The Hall–Kier alpha value is -2.56. The zero-order chi connectivity index (χ0) is 15.5. The highest BCUT2D eigenvalue weighted by Gasteiger charge is 1.99. The van der Waals surface area contributed by atoms with Crippen LogP contribution in [0.15, 0.2) is 48.6 Å². The van der Waals surface area contributed by atoms with E-state index in [0.29, 0.717) is 24.6 Å². The van der Waals surface area contributed by atoms with E-state index < -0.39 is 0 Å². The summed E-state index contributed by atoms with van der Waals surface area (Å²) in [5.41, 5.74) is 0.679. The van der Waals surface area contributed by atoms with E-state index >= 15 is 0 Å². The van der Waals surface area contributed by atoms with Gasteiger partial charge in [-0.25, -0.2) is 0 Å². The van der Waals surface area contributed by atoms with Crippen molar-refractivity contribution < 1.29 is 14.3 Å². The second-order valence-electron chi connectivity index (χ2n) is 4.23. The molecule has 0 aliphatic rings. The number of benzene rings is 1.